The van der Waals surface area contributed by atoms with E-state index in [-0.39, 0.29) is 18.0 Å². The highest BCUT2D eigenvalue weighted by Crippen LogP contribution is 2.29. The molecular formula is C16H15N3O4S. The maximum Gasteiger partial charge on any atom is 0.508 e. The van der Waals surface area contributed by atoms with Crippen molar-refractivity contribution in [3.63, 3.8) is 0 Å². The van der Waals surface area contributed by atoms with Crippen LogP contribution in [0.15, 0.2) is 60.7 Å². The van der Waals surface area contributed by atoms with Crippen LogP contribution in [0.5, 0.6) is 0 Å². The van der Waals surface area contributed by atoms with Gasteiger partial charge < -0.3 is 10.3 Å². The summed E-state index contributed by atoms with van der Waals surface area (Å²) in [5.41, 5.74) is 9.66. The molecule has 0 spiro atoms. The van der Waals surface area contributed by atoms with Gasteiger partial charge in [-0.15, -0.1) is 4.79 Å². The summed E-state index contributed by atoms with van der Waals surface area (Å²) < 4.78 is 31.4. The van der Waals surface area contributed by atoms with Crippen LogP contribution in [-0.4, -0.2) is 30.8 Å². The molecule has 2 rings (SSSR count). The lowest BCUT2D eigenvalue weighted by atomic mass is 10.3. The molecule has 0 unspecified atom stereocenters. The molecule has 24 heavy (non-hydrogen) atoms. The van der Waals surface area contributed by atoms with Gasteiger partial charge in [0.1, 0.15) is 0 Å². The number of para-hydroxylation sites is 2. The Kier molecular flexibility index (Phi) is 5.47. The highest BCUT2D eigenvalue weighted by atomic mass is 32.2. The van der Waals surface area contributed by atoms with Crippen LogP contribution in [0, 0.1) is 0 Å². The van der Waals surface area contributed by atoms with Crippen molar-refractivity contribution in [1.82, 2.24) is 0 Å². The molecule has 8 heteroatoms. The lowest BCUT2D eigenvalue weighted by Gasteiger charge is -2.21. The Morgan fingerprint density at radius 2 is 1.50 bits per heavy atom. The van der Waals surface area contributed by atoms with Crippen LogP contribution in [0.4, 0.5) is 11.4 Å². The minimum atomic E-state index is -4.48. The quantitative estimate of drug-likeness (QED) is 0.279. The highest BCUT2D eigenvalue weighted by molar-refractivity contribution is 8.09. The molecule has 2 aromatic rings. The van der Waals surface area contributed by atoms with E-state index in [1.165, 1.54) is 6.92 Å². The molecule has 7 nitrogen and oxygen atoms in total. The normalized spacial score (nSPS) is 10.5. The molecule has 0 aliphatic carbocycles. The monoisotopic (exact) mass is 345 g/mol. The van der Waals surface area contributed by atoms with E-state index in [0.29, 0.717) is 0 Å². The fourth-order valence-corrected chi connectivity index (χ4v) is 3.37. The van der Waals surface area contributed by atoms with Crippen molar-refractivity contribution in [3.8, 4) is 0 Å². The molecule has 0 aliphatic heterocycles. The zero-order chi connectivity index (χ0) is 17.6. The van der Waals surface area contributed by atoms with Gasteiger partial charge in [-0.1, -0.05) is 36.4 Å². The number of sulfonamides is 1. The van der Waals surface area contributed by atoms with Gasteiger partial charge >= 0.3 is 21.0 Å². The van der Waals surface area contributed by atoms with Gasteiger partial charge in [-0.2, -0.15) is 8.42 Å². The smallest absolute Gasteiger partial charge is 0.456 e. The number of anilines is 2. The van der Waals surface area contributed by atoms with E-state index in [2.05, 4.69) is 9.53 Å². The van der Waals surface area contributed by atoms with Crippen LogP contribution >= 0.6 is 0 Å². The highest BCUT2D eigenvalue weighted by Gasteiger charge is 2.43. The molecule has 0 aliphatic rings. The van der Waals surface area contributed by atoms with Gasteiger partial charge in [-0.25, -0.2) is 9.10 Å². The molecule has 2 aromatic carbocycles. The topological polar surface area (TPSA) is 100 Å². The Morgan fingerprint density at radius 3 is 1.88 bits per heavy atom. The van der Waals surface area contributed by atoms with Gasteiger partial charge in [-0.05, 0) is 31.2 Å². The molecule has 0 radical (unpaired) electrons. The molecule has 0 amide bonds. The van der Waals surface area contributed by atoms with Crippen LogP contribution in [-0.2, 0) is 19.6 Å². The molecule has 0 bridgehead atoms. The van der Waals surface area contributed by atoms with E-state index in [1.807, 2.05) is 0 Å². The molecule has 0 N–H and O–H groups in total. The number of rotatable bonds is 4. The first-order valence-electron chi connectivity index (χ1n) is 7.07. The van der Waals surface area contributed by atoms with E-state index >= 15 is 0 Å². The summed E-state index contributed by atoms with van der Waals surface area (Å²) in [5.74, 6) is -1.23. The first-order chi connectivity index (χ1) is 11.5. The second kappa shape index (κ2) is 7.54. The zero-order valence-electron chi connectivity index (χ0n) is 12.9. The summed E-state index contributed by atoms with van der Waals surface area (Å²) >= 11 is 0. The maximum absolute atomic E-state index is 12.9. The van der Waals surface area contributed by atoms with Crippen molar-refractivity contribution in [2.75, 3.05) is 10.9 Å². The summed E-state index contributed by atoms with van der Waals surface area (Å²) in [5, 5.41) is -1.09. The second-order valence-corrected chi connectivity index (χ2v) is 6.27. The number of hydrogen-bond acceptors (Lipinski definition) is 4. The fraction of sp³-hybridized carbons (Fsp3) is 0.125. The van der Waals surface area contributed by atoms with Crippen molar-refractivity contribution in [3.05, 3.63) is 66.2 Å². The SMILES string of the molecule is CCOC(=O)C(=[N+]=[N-])S(=O)(=O)N(c1ccccc1)c1ccccc1. The third kappa shape index (κ3) is 3.51. The van der Waals surface area contributed by atoms with Gasteiger partial charge in [-0.3, -0.25) is 0 Å². The summed E-state index contributed by atoms with van der Waals surface area (Å²) in [6.07, 6.45) is 0. The lowest BCUT2D eigenvalue weighted by molar-refractivity contribution is -0.138. The Bertz CT molecular complexity index is 821. The van der Waals surface area contributed by atoms with E-state index in [0.717, 1.165) is 4.31 Å². The van der Waals surface area contributed by atoms with Crippen LogP contribution in [0.3, 0.4) is 0 Å². The first-order valence-corrected chi connectivity index (χ1v) is 8.51. The fourth-order valence-electron chi connectivity index (χ4n) is 2.03. The summed E-state index contributed by atoms with van der Waals surface area (Å²) in [6, 6.07) is 16.3. The van der Waals surface area contributed by atoms with Crippen molar-refractivity contribution < 1.29 is 22.7 Å². The van der Waals surface area contributed by atoms with Crippen LogP contribution in [0.1, 0.15) is 6.92 Å². The third-order valence-corrected chi connectivity index (χ3v) is 4.65. The summed E-state index contributed by atoms with van der Waals surface area (Å²) in [6.45, 7) is 1.47. The molecule has 0 fully saturated rings. The average Bonchev–Trinajstić information content (AvgIpc) is 2.57. The number of esters is 1. The average molecular weight is 345 g/mol. The predicted molar refractivity (Wildman–Crippen MR) is 89.2 cm³/mol. The van der Waals surface area contributed by atoms with Gasteiger partial charge in [0.2, 0.25) is 0 Å². The number of hydrogen-bond donors (Lipinski definition) is 0. The Morgan fingerprint density at radius 1 is 1.04 bits per heavy atom. The van der Waals surface area contributed by atoms with E-state index < -0.39 is 21.0 Å². The Labute approximate surface area is 139 Å². The Balaban J connectivity index is 2.63. The van der Waals surface area contributed by atoms with Crippen LogP contribution in [0.2, 0.25) is 0 Å². The molecule has 0 atom stereocenters. The van der Waals surface area contributed by atoms with Crippen molar-refractivity contribution in [1.29, 1.82) is 0 Å². The van der Waals surface area contributed by atoms with E-state index in [1.54, 1.807) is 60.7 Å². The van der Waals surface area contributed by atoms with Gasteiger partial charge in [0.15, 0.2) is 0 Å². The molecular weight excluding hydrogens is 330 g/mol. The first kappa shape index (κ1) is 17.4. The summed E-state index contributed by atoms with van der Waals surface area (Å²) in [4.78, 5) is 14.5. The van der Waals surface area contributed by atoms with Crippen LogP contribution < -0.4 is 4.31 Å². The second-order valence-electron chi connectivity index (χ2n) is 4.57. The number of carbonyl (C=O) groups excluding carboxylic acids is 1. The molecule has 124 valence electrons. The third-order valence-electron chi connectivity index (χ3n) is 3.01. The van der Waals surface area contributed by atoms with Crippen molar-refractivity contribution in [2.45, 2.75) is 6.92 Å². The van der Waals surface area contributed by atoms with Crippen molar-refractivity contribution >= 4 is 32.4 Å². The molecule has 0 saturated carbocycles. The van der Waals surface area contributed by atoms with Gasteiger partial charge in [0.25, 0.3) is 0 Å². The van der Waals surface area contributed by atoms with Crippen molar-refractivity contribution in [2.24, 2.45) is 0 Å². The molecule has 0 heterocycles. The number of carbonyl (C=O) groups is 1. The number of nitrogens with zero attached hydrogens (tertiary/aromatic N) is 3. The number of benzene rings is 2. The summed E-state index contributed by atoms with van der Waals surface area (Å²) in [7, 11) is -4.48. The molecule has 0 aromatic heterocycles. The van der Waals surface area contributed by atoms with Gasteiger partial charge in [0, 0.05) is 0 Å². The predicted octanol–water partition coefficient (Wildman–Crippen LogP) is 2.35. The van der Waals surface area contributed by atoms with Crippen LogP contribution in [0.25, 0.3) is 5.53 Å². The number of ether oxygens (including phenoxy) is 1. The zero-order valence-corrected chi connectivity index (χ0v) is 13.7. The lowest BCUT2D eigenvalue weighted by Crippen LogP contribution is -2.38. The minimum Gasteiger partial charge on any atom is -0.456 e. The minimum absolute atomic E-state index is 0.0515. The van der Waals surface area contributed by atoms with E-state index in [9.17, 15) is 13.2 Å². The molecule has 0 saturated heterocycles. The Hall–Kier alpha value is -2.96. The maximum atomic E-state index is 12.9. The van der Waals surface area contributed by atoms with E-state index in [4.69, 9.17) is 5.53 Å². The largest absolute Gasteiger partial charge is 0.508 e. The van der Waals surface area contributed by atoms with Gasteiger partial charge in [0.05, 0.1) is 18.0 Å². The standard InChI is InChI=1S/C16H15N3O4S/c1-2-23-16(20)15(18-17)24(21,22)19(13-9-5-3-6-10-13)14-11-7-4-8-12-14/h3-12H,2H2,1H3.